The van der Waals surface area contributed by atoms with E-state index in [0.29, 0.717) is 17.7 Å². The van der Waals surface area contributed by atoms with Crippen LogP contribution in [0.15, 0.2) is 48.5 Å². The number of carboxylic acids is 1. The van der Waals surface area contributed by atoms with Crippen molar-refractivity contribution in [1.82, 2.24) is 5.32 Å². The number of hydrogen-bond donors (Lipinski definition) is 3. The van der Waals surface area contributed by atoms with E-state index in [2.05, 4.69) is 15.5 Å². The second kappa shape index (κ2) is 8.49. The van der Waals surface area contributed by atoms with Gasteiger partial charge in [0.2, 0.25) is 0 Å². The topological polar surface area (TPSA) is 81.7 Å². The average Bonchev–Trinajstić information content (AvgIpc) is 2.68. The standard InChI is InChI=1S/C20H23N3O3/c24-19(25)10-3-15-1-6-17(7-2-15)22-20(26)16-4-8-18(9-5-16)23-13-11-21-12-14-23/h1-2,4-9,21H,3,10-14H2,(H,22,26)(H,24,25). The molecule has 0 spiro atoms. The van der Waals surface area contributed by atoms with E-state index in [0.717, 1.165) is 37.4 Å². The summed E-state index contributed by atoms with van der Waals surface area (Å²) in [5.74, 6) is -0.971. The van der Waals surface area contributed by atoms with Gasteiger partial charge in [-0.25, -0.2) is 0 Å². The monoisotopic (exact) mass is 353 g/mol. The molecule has 0 aromatic heterocycles. The third-order valence-corrected chi connectivity index (χ3v) is 4.45. The smallest absolute Gasteiger partial charge is 0.303 e. The first kappa shape index (κ1) is 17.9. The summed E-state index contributed by atoms with van der Waals surface area (Å²) in [7, 11) is 0. The Bertz CT molecular complexity index is 751. The highest BCUT2D eigenvalue weighted by atomic mass is 16.4. The van der Waals surface area contributed by atoms with Crippen molar-refractivity contribution in [3.63, 3.8) is 0 Å². The Hall–Kier alpha value is -2.86. The zero-order valence-electron chi connectivity index (χ0n) is 14.6. The van der Waals surface area contributed by atoms with Gasteiger partial charge in [-0.3, -0.25) is 9.59 Å². The number of carboxylic acid groups (broad SMARTS) is 1. The first-order valence-corrected chi connectivity index (χ1v) is 8.79. The van der Waals surface area contributed by atoms with Crippen LogP contribution in [0.2, 0.25) is 0 Å². The van der Waals surface area contributed by atoms with Gasteiger partial charge in [0.05, 0.1) is 0 Å². The normalized spacial score (nSPS) is 14.1. The highest BCUT2D eigenvalue weighted by molar-refractivity contribution is 6.04. The number of carbonyl (C=O) groups is 2. The Labute approximate surface area is 152 Å². The average molecular weight is 353 g/mol. The summed E-state index contributed by atoms with van der Waals surface area (Å²) >= 11 is 0. The molecule has 1 amide bonds. The number of amides is 1. The second-order valence-electron chi connectivity index (χ2n) is 6.33. The van der Waals surface area contributed by atoms with Crippen molar-refractivity contribution >= 4 is 23.3 Å². The van der Waals surface area contributed by atoms with E-state index in [1.807, 2.05) is 36.4 Å². The van der Waals surface area contributed by atoms with Gasteiger partial charge in [0, 0.05) is 49.5 Å². The van der Waals surface area contributed by atoms with Crippen LogP contribution in [0.1, 0.15) is 22.3 Å². The SMILES string of the molecule is O=C(O)CCc1ccc(NC(=O)c2ccc(N3CCNCC3)cc2)cc1. The molecule has 1 heterocycles. The van der Waals surface area contributed by atoms with Gasteiger partial charge in [-0.2, -0.15) is 0 Å². The van der Waals surface area contributed by atoms with Crippen LogP contribution >= 0.6 is 0 Å². The molecular formula is C20H23N3O3. The summed E-state index contributed by atoms with van der Waals surface area (Å²) in [6, 6.07) is 14.9. The lowest BCUT2D eigenvalue weighted by Gasteiger charge is -2.29. The molecule has 1 aliphatic heterocycles. The van der Waals surface area contributed by atoms with Gasteiger partial charge < -0.3 is 20.6 Å². The van der Waals surface area contributed by atoms with E-state index < -0.39 is 5.97 Å². The summed E-state index contributed by atoms with van der Waals surface area (Å²) in [5.41, 5.74) is 3.37. The van der Waals surface area contributed by atoms with Gasteiger partial charge in [-0.05, 0) is 48.4 Å². The molecule has 6 heteroatoms. The molecule has 3 N–H and O–H groups in total. The number of rotatable bonds is 6. The van der Waals surface area contributed by atoms with E-state index in [1.165, 1.54) is 0 Å². The van der Waals surface area contributed by atoms with Crippen LogP contribution in [0.5, 0.6) is 0 Å². The number of hydrogen-bond acceptors (Lipinski definition) is 4. The predicted octanol–water partition coefficient (Wildman–Crippen LogP) is 2.37. The molecule has 1 aliphatic rings. The van der Waals surface area contributed by atoms with E-state index in [1.54, 1.807) is 12.1 Å². The number of carbonyl (C=O) groups excluding carboxylic acids is 1. The third-order valence-electron chi connectivity index (χ3n) is 4.45. The number of aryl methyl sites for hydroxylation is 1. The Morgan fingerprint density at radius 1 is 1.00 bits per heavy atom. The second-order valence-corrected chi connectivity index (χ2v) is 6.33. The van der Waals surface area contributed by atoms with Gasteiger partial charge in [-0.1, -0.05) is 12.1 Å². The van der Waals surface area contributed by atoms with Gasteiger partial charge in [-0.15, -0.1) is 0 Å². The number of nitrogens with one attached hydrogen (secondary N) is 2. The zero-order valence-corrected chi connectivity index (χ0v) is 14.6. The lowest BCUT2D eigenvalue weighted by molar-refractivity contribution is -0.136. The number of piperazine rings is 1. The van der Waals surface area contributed by atoms with Gasteiger partial charge in [0.1, 0.15) is 0 Å². The summed E-state index contributed by atoms with van der Waals surface area (Å²) < 4.78 is 0. The van der Waals surface area contributed by atoms with Gasteiger partial charge >= 0.3 is 5.97 Å². The van der Waals surface area contributed by atoms with Crippen LogP contribution in [-0.4, -0.2) is 43.2 Å². The van der Waals surface area contributed by atoms with Crippen molar-refractivity contribution < 1.29 is 14.7 Å². The Kier molecular flexibility index (Phi) is 5.86. The Morgan fingerprint density at radius 3 is 2.27 bits per heavy atom. The number of nitrogens with zero attached hydrogens (tertiary/aromatic N) is 1. The largest absolute Gasteiger partial charge is 0.481 e. The summed E-state index contributed by atoms with van der Waals surface area (Å²) in [4.78, 5) is 25.3. The maximum absolute atomic E-state index is 12.4. The molecule has 1 saturated heterocycles. The molecule has 0 aliphatic carbocycles. The molecule has 0 saturated carbocycles. The molecule has 0 bridgehead atoms. The molecule has 2 aromatic rings. The molecule has 2 aromatic carbocycles. The van der Waals surface area contributed by atoms with Crippen molar-refractivity contribution in [2.75, 3.05) is 36.4 Å². The van der Waals surface area contributed by atoms with Crippen molar-refractivity contribution in [1.29, 1.82) is 0 Å². The fourth-order valence-electron chi connectivity index (χ4n) is 2.96. The van der Waals surface area contributed by atoms with Crippen LogP contribution in [0.3, 0.4) is 0 Å². The number of benzene rings is 2. The molecule has 3 rings (SSSR count). The molecule has 26 heavy (non-hydrogen) atoms. The minimum atomic E-state index is -0.813. The molecule has 0 radical (unpaired) electrons. The molecule has 0 atom stereocenters. The Morgan fingerprint density at radius 2 is 1.65 bits per heavy atom. The van der Waals surface area contributed by atoms with E-state index in [9.17, 15) is 9.59 Å². The minimum absolute atomic E-state index is 0.102. The van der Waals surface area contributed by atoms with Gasteiger partial charge in [0.15, 0.2) is 0 Å². The third kappa shape index (κ3) is 4.83. The first-order valence-electron chi connectivity index (χ1n) is 8.79. The minimum Gasteiger partial charge on any atom is -0.481 e. The van der Waals surface area contributed by atoms with Crippen LogP contribution in [0.4, 0.5) is 11.4 Å². The molecular weight excluding hydrogens is 330 g/mol. The van der Waals surface area contributed by atoms with E-state index in [-0.39, 0.29) is 12.3 Å². The van der Waals surface area contributed by atoms with Crippen LogP contribution in [-0.2, 0) is 11.2 Å². The highest BCUT2D eigenvalue weighted by Gasteiger charge is 2.12. The highest BCUT2D eigenvalue weighted by Crippen LogP contribution is 2.17. The molecule has 1 fully saturated rings. The Balaban J connectivity index is 1.58. The lowest BCUT2D eigenvalue weighted by atomic mass is 10.1. The lowest BCUT2D eigenvalue weighted by Crippen LogP contribution is -2.43. The van der Waals surface area contributed by atoms with Crippen LogP contribution < -0.4 is 15.5 Å². The van der Waals surface area contributed by atoms with Crippen molar-refractivity contribution in [2.24, 2.45) is 0 Å². The van der Waals surface area contributed by atoms with E-state index in [4.69, 9.17) is 5.11 Å². The van der Waals surface area contributed by atoms with Crippen LogP contribution in [0.25, 0.3) is 0 Å². The zero-order chi connectivity index (χ0) is 18.4. The van der Waals surface area contributed by atoms with Gasteiger partial charge in [0.25, 0.3) is 5.91 Å². The van der Waals surface area contributed by atoms with Crippen LogP contribution in [0, 0.1) is 0 Å². The molecule has 6 nitrogen and oxygen atoms in total. The fraction of sp³-hybridized carbons (Fsp3) is 0.300. The summed E-state index contributed by atoms with van der Waals surface area (Å²) in [6.45, 7) is 3.90. The fourth-order valence-corrected chi connectivity index (χ4v) is 2.96. The quantitative estimate of drug-likeness (QED) is 0.743. The summed E-state index contributed by atoms with van der Waals surface area (Å²) in [6.07, 6.45) is 0.585. The van der Waals surface area contributed by atoms with Crippen molar-refractivity contribution in [3.8, 4) is 0 Å². The molecule has 0 unspecified atom stereocenters. The number of anilines is 2. The van der Waals surface area contributed by atoms with Crippen molar-refractivity contribution in [2.45, 2.75) is 12.8 Å². The first-order chi connectivity index (χ1) is 12.6. The number of aliphatic carboxylic acids is 1. The van der Waals surface area contributed by atoms with E-state index >= 15 is 0 Å². The maximum Gasteiger partial charge on any atom is 0.303 e. The van der Waals surface area contributed by atoms with Crippen molar-refractivity contribution in [3.05, 3.63) is 59.7 Å². The molecule has 136 valence electrons. The maximum atomic E-state index is 12.4. The predicted molar refractivity (Wildman–Crippen MR) is 102 cm³/mol. The summed E-state index contributed by atoms with van der Waals surface area (Å²) in [5, 5.41) is 14.9.